The molecule has 3 atom stereocenters. The molecule has 1 saturated carbocycles. The van der Waals surface area contributed by atoms with E-state index in [1.54, 1.807) is 6.08 Å². The van der Waals surface area contributed by atoms with Gasteiger partial charge in [-0.05, 0) is 38.7 Å². The van der Waals surface area contributed by atoms with E-state index >= 15 is 0 Å². The van der Waals surface area contributed by atoms with Gasteiger partial charge in [0.1, 0.15) is 0 Å². The molecule has 0 saturated heterocycles. The second-order valence-electron chi connectivity index (χ2n) is 4.67. The molecular weight excluding hydrogens is 164 g/mol. The summed E-state index contributed by atoms with van der Waals surface area (Å²) in [4.78, 5) is 11.3. The van der Waals surface area contributed by atoms with Crippen molar-refractivity contribution in [1.29, 1.82) is 0 Å². The number of fused-ring (bicyclic) bond motifs is 1. The van der Waals surface area contributed by atoms with E-state index in [9.17, 15) is 9.90 Å². The molecule has 1 fully saturated rings. The van der Waals surface area contributed by atoms with Crippen LogP contribution in [0.15, 0.2) is 11.6 Å². The lowest BCUT2D eigenvalue weighted by Gasteiger charge is -2.31. The summed E-state index contributed by atoms with van der Waals surface area (Å²) >= 11 is 0. The highest BCUT2D eigenvalue weighted by Gasteiger charge is 2.46. The highest BCUT2D eigenvalue weighted by Crippen LogP contribution is 2.47. The summed E-state index contributed by atoms with van der Waals surface area (Å²) in [5, 5.41) is 10.0. The number of aliphatic hydroxyl groups is 1. The van der Waals surface area contributed by atoms with Crippen molar-refractivity contribution in [2.75, 3.05) is 0 Å². The lowest BCUT2D eigenvalue weighted by molar-refractivity contribution is -0.118. The van der Waals surface area contributed by atoms with Crippen molar-refractivity contribution >= 4 is 5.78 Å². The van der Waals surface area contributed by atoms with E-state index in [0.717, 1.165) is 12.8 Å². The molecule has 2 heteroatoms. The molecule has 0 aromatic heterocycles. The van der Waals surface area contributed by atoms with Crippen molar-refractivity contribution in [3.8, 4) is 0 Å². The van der Waals surface area contributed by atoms with Crippen LogP contribution in [-0.4, -0.2) is 16.5 Å². The lowest BCUT2D eigenvalue weighted by Crippen LogP contribution is -2.35. The van der Waals surface area contributed by atoms with Gasteiger partial charge in [-0.1, -0.05) is 5.57 Å². The second kappa shape index (κ2) is 2.68. The monoisotopic (exact) mass is 180 g/mol. The summed E-state index contributed by atoms with van der Waals surface area (Å²) in [7, 11) is 0. The molecular formula is C11H16O2. The second-order valence-corrected chi connectivity index (χ2v) is 4.67. The molecule has 72 valence electrons. The Bertz CT molecular complexity index is 276. The largest absolute Gasteiger partial charge is 0.390 e. The van der Waals surface area contributed by atoms with E-state index < -0.39 is 5.60 Å². The maximum atomic E-state index is 11.3. The average Bonchev–Trinajstić information content (AvgIpc) is 2.28. The number of rotatable bonds is 0. The highest BCUT2D eigenvalue weighted by atomic mass is 16.3. The Morgan fingerprint density at radius 3 is 3.00 bits per heavy atom. The van der Waals surface area contributed by atoms with Gasteiger partial charge in [0, 0.05) is 12.3 Å². The van der Waals surface area contributed by atoms with Gasteiger partial charge in [0.2, 0.25) is 0 Å². The zero-order valence-electron chi connectivity index (χ0n) is 8.21. The van der Waals surface area contributed by atoms with Crippen molar-refractivity contribution in [3.63, 3.8) is 0 Å². The number of ketones is 1. The summed E-state index contributed by atoms with van der Waals surface area (Å²) in [5.74, 6) is 0.804. The molecule has 0 bridgehead atoms. The Morgan fingerprint density at radius 2 is 2.31 bits per heavy atom. The van der Waals surface area contributed by atoms with Crippen LogP contribution < -0.4 is 0 Å². The summed E-state index contributed by atoms with van der Waals surface area (Å²) < 4.78 is 0. The van der Waals surface area contributed by atoms with Crippen LogP contribution in [0, 0.1) is 11.8 Å². The Balaban J connectivity index is 2.32. The number of carbonyl (C=O) groups excluding carboxylic acids is 1. The SMILES string of the molecule is CC1=CC(=O)C[C@@H]2[C@H]1CC[C@@]2(C)O. The molecule has 0 aromatic rings. The smallest absolute Gasteiger partial charge is 0.156 e. The summed E-state index contributed by atoms with van der Waals surface area (Å²) in [5.41, 5.74) is 0.551. The summed E-state index contributed by atoms with van der Waals surface area (Å²) in [6, 6.07) is 0. The minimum Gasteiger partial charge on any atom is -0.390 e. The quantitative estimate of drug-likeness (QED) is 0.616. The van der Waals surface area contributed by atoms with Crippen molar-refractivity contribution in [2.24, 2.45) is 11.8 Å². The van der Waals surface area contributed by atoms with E-state index in [4.69, 9.17) is 0 Å². The first kappa shape index (κ1) is 8.95. The zero-order valence-corrected chi connectivity index (χ0v) is 8.21. The van der Waals surface area contributed by atoms with Crippen molar-refractivity contribution < 1.29 is 9.90 Å². The lowest BCUT2D eigenvalue weighted by atomic mass is 9.76. The van der Waals surface area contributed by atoms with Crippen LogP contribution in [-0.2, 0) is 4.79 Å². The number of allylic oxidation sites excluding steroid dienone is 2. The highest BCUT2D eigenvalue weighted by molar-refractivity contribution is 5.91. The van der Waals surface area contributed by atoms with Gasteiger partial charge in [-0.15, -0.1) is 0 Å². The third kappa shape index (κ3) is 1.33. The maximum absolute atomic E-state index is 11.3. The van der Waals surface area contributed by atoms with Gasteiger partial charge in [-0.2, -0.15) is 0 Å². The van der Waals surface area contributed by atoms with Gasteiger partial charge in [-0.3, -0.25) is 4.79 Å². The van der Waals surface area contributed by atoms with Crippen LogP contribution in [0.1, 0.15) is 33.1 Å². The number of carbonyl (C=O) groups is 1. The molecule has 0 spiro atoms. The molecule has 0 aliphatic heterocycles. The molecule has 13 heavy (non-hydrogen) atoms. The van der Waals surface area contributed by atoms with Gasteiger partial charge in [0.05, 0.1) is 5.60 Å². The van der Waals surface area contributed by atoms with E-state index in [0.29, 0.717) is 12.3 Å². The first-order valence-electron chi connectivity index (χ1n) is 4.94. The fourth-order valence-electron chi connectivity index (χ4n) is 2.81. The molecule has 1 N–H and O–H groups in total. The van der Waals surface area contributed by atoms with Gasteiger partial charge < -0.3 is 5.11 Å². The van der Waals surface area contributed by atoms with Crippen molar-refractivity contribution in [1.82, 2.24) is 0 Å². The molecule has 2 nitrogen and oxygen atoms in total. The van der Waals surface area contributed by atoms with Gasteiger partial charge in [0.15, 0.2) is 5.78 Å². The molecule has 2 aliphatic carbocycles. The Labute approximate surface area is 78.6 Å². The van der Waals surface area contributed by atoms with Crippen molar-refractivity contribution in [2.45, 2.75) is 38.7 Å². The molecule has 0 radical (unpaired) electrons. The minimum atomic E-state index is -0.615. The van der Waals surface area contributed by atoms with Gasteiger partial charge in [0.25, 0.3) is 0 Å². The molecule has 0 heterocycles. The molecule has 0 aromatic carbocycles. The Morgan fingerprint density at radius 1 is 1.62 bits per heavy atom. The van der Waals surface area contributed by atoms with Crippen LogP contribution in [0.25, 0.3) is 0 Å². The Hall–Kier alpha value is -0.630. The van der Waals surface area contributed by atoms with Gasteiger partial charge >= 0.3 is 0 Å². The van der Waals surface area contributed by atoms with Crippen LogP contribution >= 0.6 is 0 Å². The minimum absolute atomic E-state index is 0.171. The van der Waals surface area contributed by atoms with Crippen LogP contribution in [0.5, 0.6) is 0 Å². The average molecular weight is 180 g/mol. The standard InChI is InChI=1S/C11H16O2/c1-7-5-8(12)6-10-9(7)3-4-11(10,2)13/h5,9-10,13H,3-4,6H2,1-2H3/t9-,10+,11+/m0/s1. The third-order valence-corrected chi connectivity index (χ3v) is 3.64. The first-order valence-corrected chi connectivity index (χ1v) is 4.94. The van der Waals surface area contributed by atoms with E-state index in [1.807, 2.05) is 13.8 Å². The number of hydrogen-bond donors (Lipinski definition) is 1. The summed E-state index contributed by atoms with van der Waals surface area (Å²) in [6.07, 6.45) is 4.16. The fraction of sp³-hybridized carbons (Fsp3) is 0.727. The van der Waals surface area contributed by atoms with Crippen molar-refractivity contribution in [3.05, 3.63) is 11.6 Å². The fourth-order valence-corrected chi connectivity index (χ4v) is 2.81. The zero-order chi connectivity index (χ0) is 9.64. The van der Waals surface area contributed by atoms with E-state index in [1.165, 1.54) is 5.57 Å². The first-order chi connectivity index (χ1) is 6.00. The molecule has 0 unspecified atom stereocenters. The van der Waals surface area contributed by atoms with Crippen LogP contribution in [0.4, 0.5) is 0 Å². The third-order valence-electron chi connectivity index (χ3n) is 3.64. The van der Waals surface area contributed by atoms with Crippen LogP contribution in [0.3, 0.4) is 0 Å². The predicted octanol–water partition coefficient (Wildman–Crippen LogP) is 1.68. The normalized spacial score (nSPS) is 44.5. The molecule has 0 amide bonds. The molecule has 2 aliphatic rings. The maximum Gasteiger partial charge on any atom is 0.156 e. The Kier molecular flexibility index (Phi) is 1.84. The predicted molar refractivity (Wildman–Crippen MR) is 50.2 cm³/mol. The van der Waals surface area contributed by atoms with E-state index in [2.05, 4.69) is 0 Å². The van der Waals surface area contributed by atoms with Gasteiger partial charge in [-0.25, -0.2) is 0 Å². The molecule has 2 rings (SSSR count). The number of hydrogen-bond acceptors (Lipinski definition) is 2. The van der Waals surface area contributed by atoms with Crippen LogP contribution in [0.2, 0.25) is 0 Å². The summed E-state index contributed by atoms with van der Waals surface area (Å²) in [6.45, 7) is 3.87. The topological polar surface area (TPSA) is 37.3 Å². The van der Waals surface area contributed by atoms with E-state index in [-0.39, 0.29) is 11.7 Å².